The Morgan fingerprint density at radius 3 is 2.72 bits per heavy atom. The number of halogens is 2. The first kappa shape index (κ1) is 20.1. The van der Waals surface area contributed by atoms with Gasteiger partial charge in [-0.25, -0.2) is 23.5 Å². The van der Waals surface area contributed by atoms with Gasteiger partial charge in [-0.15, -0.1) is 0 Å². The highest BCUT2D eigenvalue weighted by atomic mass is 19.1. The maximum atomic E-state index is 14.2. The van der Waals surface area contributed by atoms with E-state index in [0.717, 1.165) is 17.0 Å². The number of ether oxygens (including phenoxy) is 2. The molecule has 6 nitrogen and oxygen atoms in total. The number of aromatic nitrogens is 2. The van der Waals surface area contributed by atoms with Crippen molar-refractivity contribution in [3.8, 4) is 22.9 Å². The smallest absolute Gasteiger partial charge is 0.336 e. The number of hydrogen-bond donors (Lipinski definition) is 0. The highest BCUT2D eigenvalue weighted by Gasteiger charge is 2.39. The lowest BCUT2D eigenvalue weighted by molar-refractivity contribution is -0.0287. The molecule has 5 rings (SSSR count). The number of fused-ring (bicyclic) bond motifs is 2. The van der Waals surface area contributed by atoms with Crippen LogP contribution in [0.3, 0.4) is 0 Å². The molecule has 0 unspecified atom stereocenters. The van der Waals surface area contributed by atoms with Crippen molar-refractivity contribution < 1.29 is 22.7 Å². The molecule has 0 aliphatic carbocycles. The van der Waals surface area contributed by atoms with Crippen molar-refractivity contribution in [2.45, 2.75) is 32.0 Å². The third-order valence-corrected chi connectivity index (χ3v) is 5.47. The molecule has 0 amide bonds. The summed E-state index contributed by atoms with van der Waals surface area (Å²) in [6.07, 6.45) is 1.37. The minimum absolute atomic E-state index is 0.149. The van der Waals surface area contributed by atoms with Gasteiger partial charge >= 0.3 is 5.63 Å². The van der Waals surface area contributed by atoms with Crippen LogP contribution in [-0.2, 0) is 6.42 Å². The Balaban J connectivity index is 1.46. The number of hydrogen-bond acceptors (Lipinski definition) is 6. The minimum Gasteiger partial charge on any atom is -0.484 e. The molecule has 3 heterocycles. The Hall–Kier alpha value is -3.81. The van der Waals surface area contributed by atoms with E-state index >= 15 is 0 Å². The molecule has 1 aliphatic heterocycles. The standard InChI is InChI=1S/C24H18F2N2O4/c1-24(2)21(8-14-7-13-3-6-23(29)30-19(13)11-20(14)32-24)31-22-10-18(27-12-28-22)16-5-4-15(25)9-17(16)26/h3-7,9-12,21H,8H2,1-2H3/t21-/m0/s1. The van der Waals surface area contributed by atoms with E-state index in [1.807, 2.05) is 19.9 Å². The molecule has 4 aromatic rings. The van der Waals surface area contributed by atoms with Gasteiger partial charge in [0.2, 0.25) is 5.88 Å². The summed E-state index contributed by atoms with van der Waals surface area (Å²) in [5, 5.41) is 0.779. The Morgan fingerprint density at radius 1 is 1.06 bits per heavy atom. The number of benzene rings is 2. The van der Waals surface area contributed by atoms with Crippen LogP contribution in [0, 0.1) is 11.6 Å². The molecule has 32 heavy (non-hydrogen) atoms. The van der Waals surface area contributed by atoms with Crippen LogP contribution in [0.1, 0.15) is 19.4 Å². The van der Waals surface area contributed by atoms with Gasteiger partial charge in [0.05, 0.1) is 5.69 Å². The Morgan fingerprint density at radius 2 is 1.91 bits per heavy atom. The van der Waals surface area contributed by atoms with Crippen LogP contribution in [0.4, 0.5) is 8.78 Å². The second kappa shape index (κ2) is 7.40. The van der Waals surface area contributed by atoms with E-state index < -0.39 is 29.0 Å². The predicted molar refractivity (Wildman–Crippen MR) is 113 cm³/mol. The summed E-state index contributed by atoms with van der Waals surface area (Å²) in [5.41, 5.74) is 0.621. The van der Waals surface area contributed by atoms with Crippen molar-refractivity contribution in [3.05, 3.63) is 82.5 Å². The molecule has 2 aromatic heterocycles. The quantitative estimate of drug-likeness (QED) is 0.434. The summed E-state index contributed by atoms with van der Waals surface area (Å²) in [6.45, 7) is 3.77. The van der Waals surface area contributed by atoms with Gasteiger partial charge in [-0.3, -0.25) is 0 Å². The number of rotatable bonds is 3. The van der Waals surface area contributed by atoms with Crippen LogP contribution in [0.2, 0.25) is 0 Å². The first-order valence-electron chi connectivity index (χ1n) is 9.98. The molecule has 1 aliphatic rings. The van der Waals surface area contributed by atoms with Crippen molar-refractivity contribution in [2.75, 3.05) is 0 Å². The van der Waals surface area contributed by atoms with Crippen LogP contribution in [-0.4, -0.2) is 21.7 Å². The highest BCUT2D eigenvalue weighted by Crippen LogP contribution is 2.37. The Labute approximate surface area is 181 Å². The molecule has 0 saturated carbocycles. The van der Waals surface area contributed by atoms with Gasteiger partial charge in [0.1, 0.15) is 41.0 Å². The van der Waals surface area contributed by atoms with Crippen LogP contribution in [0.5, 0.6) is 11.6 Å². The van der Waals surface area contributed by atoms with Crippen molar-refractivity contribution >= 4 is 11.0 Å². The average Bonchev–Trinajstić information content (AvgIpc) is 2.73. The first-order chi connectivity index (χ1) is 15.3. The van der Waals surface area contributed by atoms with Gasteiger partial charge in [0.15, 0.2) is 0 Å². The van der Waals surface area contributed by atoms with Gasteiger partial charge < -0.3 is 13.9 Å². The summed E-state index contributed by atoms with van der Waals surface area (Å²) in [4.78, 5) is 19.8. The summed E-state index contributed by atoms with van der Waals surface area (Å²) in [7, 11) is 0. The molecule has 0 saturated heterocycles. The van der Waals surface area contributed by atoms with Crippen LogP contribution >= 0.6 is 0 Å². The summed E-state index contributed by atoms with van der Waals surface area (Å²) in [5.74, 6) is -0.518. The van der Waals surface area contributed by atoms with Crippen LogP contribution < -0.4 is 15.1 Å². The zero-order valence-electron chi connectivity index (χ0n) is 17.3. The lowest BCUT2D eigenvalue weighted by atomic mass is 9.90. The predicted octanol–water partition coefficient (Wildman–Crippen LogP) is 4.69. The molecule has 0 radical (unpaired) electrons. The third kappa shape index (κ3) is 3.68. The lowest BCUT2D eigenvalue weighted by Crippen LogP contribution is -2.49. The fourth-order valence-electron chi connectivity index (χ4n) is 3.77. The van der Waals surface area contributed by atoms with Gasteiger partial charge in [-0.2, -0.15) is 0 Å². The van der Waals surface area contributed by atoms with Crippen LogP contribution in [0.15, 0.2) is 64.1 Å². The second-order valence-corrected chi connectivity index (χ2v) is 8.13. The molecule has 0 bridgehead atoms. The fraction of sp³-hybridized carbons (Fsp3) is 0.208. The van der Waals surface area contributed by atoms with Crippen molar-refractivity contribution in [1.82, 2.24) is 9.97 Å². The Bertz CT molecular complexity index is 1400. The zero-order chi connectivity index (χ0) is 22.5. The summed E-state index contributed by atoms with van der Waals surface area (Å²) >= 11 is 0. The zero-order valence-corrected chi connectivity index (χ0v) is 17.3. The molecular formula is C24H18F2N2O4. The average molecular weight is 436 g/mol. The first-order valence-corrected chi connectivity index (χ1v) is 9.98. The highest BCUT2D eigenvalue weighted by molar-refractivity contribution is 5.79. The van der Waals surface area contributed by atoms with E-state index in [0.29, 0.717) is 17.8 Å². The maximum absolute atomic E-state index is 14.2. The normalized spacial score (nSPS) is 16.9. The monoisotopic (exact) mass is 436 g/mol. The van der Waals surface area contributed by atoms with Crippen LogP contribution in [0.25, 0.3) is 22.2 Å². The van der Waals surface area contributed by atoms with E-state index in [1.165, 1.54) is 30.6 Å². The molecule has 0 spiro atoms. The van der Waals surface area contributed by atoms with E-state index in [4.69, 9.17) is 13.9 Å². The molecule has 8 heteroatoms. The van der Waals surface area contributed by atoms with Crippen molar-refractivity contribution in [2.24, 2.45) is 0 Å². The Kier molecular flexibility index (Phi) is 4.65. The van der Waals surface area contributed by atoms with Gasteiger partial charge in [0.25, 0.3) is 0 Å². The van der Waals surface area contributed by atoms with E-state index in [-0.39, 0.29) is 17.1 Å². The summed E-state index contributed by atoms with van der Waals surface area (Å²) < 4.78 is 45.0. The largest absolute Gasteiger partial charge is 0.484 e. The number of nitrogens with zero attached hydrogens (tertiary/aromatic N) is 2. The van der Waals surface area contributed by atoms with E-state index in [2.05, 4.69) is 9.97 Å². The van der Waals surface area contributed by atoms with Gasteiger partial charge in [-0.1, -0.05) is 0 Å². The second-order valence-electron chi connectivity index (χ2n) is 8.13. The minimum atomic E-state index is -0.734. The van der Waals surface area contributed by atoms with E-state index in [9.17, 15) is 13.6 Å². The van der Waals surface area contributed by atoms with Gasteiger partial charge in [0, 0.05) is 41.6 Å². The molecule has 0 N–H and O–H groups in total. The SMILES string of the molecule is CC1(C)Oc2cc3oc(=O)ccc3cc2C[C@@H]1Oc1cc(-c2ccc(F)cc2F)ncn1. The van der Waals surface area contributed by atoms with Crippen molar-refractivity contribution in [3.63, 3.8) is 0 Å². The topological polar surface area (TPSA) is 74.5 Å². The van der Waals surface area contributed by atoms with Crippen molar-refractivity contribution in [1.29, 1.82) is 0 Å². The summed E-state index contributed by atoms with van der Waals surface area (Å²) in [6, 6.07) is 11.5. The maximum Gasteiger partial charge on any atom is 0.336 e. The van der Waals surface area contributed by atoms with E-state index in [1.54, 1.807) is 12.1 Å². The molecule has 0 fully saturated rings. The fourth-order valence-corrected chi connectivity index (χ4v) is 3.77. The molecule has 2 aromatic carbocycles. The molecule has 162 valence electrons. The lowest BCUT2D eigenvalue weighted by Gasteiger charge is -2.39. The van der Waals surface area contributed by atoms with Gasteiger partial charge in [-0.05, 0) is 43.7 Å². The molecule has 1 atom stereocenters. The third-order valence-electron chi connectivity index (χ3n) is 5.47. The molecular weight excluding hydrogens is 418 g/mol.